The van der Waals surface area contributed by atoms with Crippen molar-refractivity contribution in [2.45, 2.75) is 26.7 Å². The third-order valence-electron chi connectivity index (χ3n) is 4.00. The second-order valence-electron chi connectivity index (χ2n) is 5.50. The van der Waals surface area contributed by atoms with Crippen molar-refractivity contribution < 1.29 is 14.7 Å². The zero-order valence-corrected chi connectivity index (χ0v) is 12.7. The van der Waals surface area contributed by atoms with Crippen LogP contribution in [0.2, 0.25) is 5.02 Å². The van der Waals surface area contributed by atoms with Gasteiger partial charge in [-0.1, -0.05) is 28.8 Å². The second-order valence-corrected chi connectivity index (χ2v) is 5.94. The molecule has 2 atom stereocenters. The van der Waals surface area contributed by atoms with Gasteiger partial charge in [0.1, 0.15) is 0 Å². The van der Waals surface area contributed by atoms with E-state index >= 15 is 0 Å². The van der Waals surface area contributed by atoms with Gasteiger partial charge in [0.15, 0.2) is 0 Å². The number of carbonyl (C=O) groups excluding carboxylic acids is 2. The number of hydrogen-bond donors (Lipinski definition) is 1. The maximum atomic E-state index is 12.4. The lowest BCUT2D eigenvalue weighted by atomic mass is 9.76. The van der Waals surface area contributed by atoms with Gasteiger partial charge >= 0.3 is 0 Å². The monoisotopic (exact) mass is 306 g/mol. The van der Waals surface area contributed by atoms with Crippen molar-refractivity contribution >= 4 is 29.2 Å². The van der Waals surface area contributed by atoms with E-state index in [1.165, 1.54) is 0 Å². The summed E-state index contributed by atoms with van der Waals surface area (Å²) < 4.78 is 0. The molecule has 0 heterocycles. The lowest BCUT2D eigenvalue weighted by Gasteiger charge is -2.32. The van der Waals surface area contributed by atoms with E-state index in [4.69, 9.17) is 11.6 Å². The molecule has 0 fully saturated rings. The van der Waals surface area contributed by atoms with Crippen LogP contribution in [-0.4, -0.2) is 11.9 Å². The van der Waals surface area contributed by atoms with Gasteiger partial charge in [-0.25, -0.2) is 0 Å². The summed E-state index contributed by atoms with van der Waals surface area (Å²) in [5.41, 5.74) is 2.66. The van der Waals surface area contributed by atoms with Gasteiger partial charge < -0.3 is 15.2 Å². The molecule has 0 radical (unpaired) electrons. The molecule has 1 aromatic rings. The molecule has 0 saturated heterocycles. The first kappa shape index (κ1) is 15.6. The molecule has 1 aromatic carbocycles. The predicted octanol–water partition coefficient (Wildman–Crippen LogP) is 2.39. The number of benzene rings is 1. The van der Waals surface area contributed by atoms with Crippen LogP contribution in [0.1, 0.15) is 26.7 Å². The summed E-state index contributed by atoms with van der Waals surface area (Å²) in [6, 6.07) is 6.78. The lowest BCUT2D eigenvalue weighted by Crippen LogP contribution is -2.42. The van der Waals surface area contributed by atoms with Crippen molar-refractivity contribution in [2.24, 2.45) is 11.8 Å². The van der Waals surface area contributed by atoms with E-state index in [1.807, 2.05) is 13.8 Å². The normalized spacial score (nSPS) is 22.0. The van der Waals surface area contributed by atoms with Crippen LogP contribution in [0.3, 0.4) is 0 Å². The van der Waals surface area contributed by atoms with Crippen LogP contribution in [0.4, 0.5) is 5.69 Å². The quantitative estimate of drug-likeness (QED) is 0.872. The first-order valence-electron chi connectivity index (χ1n) is 6.81. The standard InChI is InChI=1S/C16H18ClNO3/c1-9-6-13(14(16(20)21)7-10(9)2)15(19)18-12-5-3-4-11(17)8-12/h3-5,8,13-14H,6-7H2,1-2H3,(H,18,19)(H,20,21)/p-1/t13-,14+/m0/s1. The summed E-state index contributed by atoms with van der Waals surface area (Å²) in [4.78, 5) is 23.7. The SMILES string of the molecule is CC1=C(C)C[C@@H](C(=O)[O-])[C@@H](C(=O)Nc2cccc(Cl)c2)C1. The van der Waals surface area contributed by atoms with E-state index in [0.29, 0.717) is 23.6 Å². The van der Waals surface area contributed by atoms with Crippen LogP contribution in [0.15, 0.2) is 35.4 Å². The Morgan fingerprint density at radius 1 is 1.19 bits per heavy atom. The molecule has 0 aliphatic heterocycles. The molecule has 1 aliphatic rings. The molecule has 21 heavy (non-hydrogen) atoms. The van der Waals surface area contributed by atoms with E-state index in [2.05, 4.69) is 5.32 Å². The summed E-state index contributed by atoms with van der Waals surface area (Å²) in [5, 5.41) is 14.5. The van der Waals surface area contributed by atoms with Crippen LogP contribution in [0, 0.1) is 11.8 Å². The minimum absolute atomic E-state index is 0.307. The minimum atomic E-state index is -1.17. The number of rotatable bonds is 3. The number of aliphatic carboxylic acids is 1. The fourth-order valence-corrected chi connectivity index (χ4v) is 2.81. The maximum Gasteiger partial charge on any atom is 0.228 e. The Balaban J connectivity index is 2.18. The van der Waals surface area contributed by atoms with Gasteiger partial charge in [-0.3, -0.25) is 4.79 Å². The third kappa shape index (κ3) is 3.64. The maximum absolute atomic E-state index is 12.4. The summed E-state index contributed by atoms with van der Waals surface area (Å²) in [7, 11) is 0. The van der Waals surface area contributed by atoms with Gasteiger partial charge in [-0.15, -0.1) is 0 Å². The molecule has 112 valence electrons. The number of carboxylic acid groups (broad SMARTS) is 1. The van der Waals surface area contributed by atoms with Crippen LogP contribution in [0.25, 0.3) is 0 Å². The number of carbonyl (C=O) groups is 2. The average Bonchev–Trinajstić information content (AvgIpc) is 2.41. The van der Waals surface area contributed by atoms with Crippen LogP contribution >= 0.6 is 11.6 Å². The van der Waals surface area contributed by atoms with E-state index < -0.39 is 17.8 Å². The predicted molar refractivity (Wildman–Crippen MR) is 79.7 cm³/mol. The Morgan fingerprint density at radius 3 is 2.38 bits per heavy atom. The zero-order valence-electron chi connectivity index (χ0n) is 12.0. The molecular formula is C16H17ClNO3-. The van der Waals surface area contributed by atoms with Gasteiger partial charge in [-0.2, -0.15) is 0 Å². The molecule has 1 aliphatic carbocycles. The first-order valence-corrected chi connectivity index (χ1v) is 7.18. The molecule has 0 aromatic heterocycles. The van der Waals surface area contributed by atoms with Crippen molar-refractivity contribution in [3.8, 4) is 0 Å². The Kier molecular flexibility index (Phi) is 4.68. The van der Waals surface area contributed by atoms with E-state index in [1.54, 1.807) is 24.3 Å². The topological polar surface area (TPSA) is 69.2 Å². The number of nitrogens with one attached hydrogen (secondary N) is 1. The highest BCUT2D eigenvalue weighted by molar-refractivity contribution is 6.30. The Bertz CT molecular complexity index is 609. The average molecular weight is 307 g/mol. The first-order chi connectivity index (χ1) is 9.88. The van der Waals surface area contributed by atoms with E-state index in [-0.39, 0.29) is 5.91 Å². The number of allylic oxidation sites excluding steroid dienone is 2. The molecule has 0 unspecified atom stereocenters. The lowest BCUT2D eigenvalue weighted by molar-refractivity contribution is -0.313. The number of carboxylic acids is 1. The Morgan fingerprint density at radius 2 is 1.81 bits per heavy atom. The molecule has 0 spiro atoms. The van der Waals surface area contributed by atoms with Gasteiger partial charge in [0.05, 0.1) is 5.92 Å². The Hall–Kier alpha value is -1.81. The molecule has 5 heteroatoms. The van der Waals surface area contributed by atoms with Crippen molar-refractivity contribution in [3.05, 3.63) is 40.4 Å². The van der Waals surface area contributed by atoms with Crippen LogP contribution in [-0.2, 0) is 9.59 Å². The summed E-state index contributed by atoms with van der Waals surface area (Å²) in [6.45, 7) is 3.83. The summed E-state index contributed by atoms with van der Waals surface area (Å²) >= 11 is 5.87. The molecule has 1 N–H and O–H groups in total. The largest absolute Gasteiger partial charge is 0.550 e. The number of hydrogen-bond acceptors (Lipinski definition) is 3. The molecule has 0 bridgehead atoms. The third-order valence-corrected chi connectivity index (χ3v) is 4.23. The summed E-state index contributed by atoms with van der Waals surface area (Å²) in [5.74, 6) is -2.88. The molecule has 2 rings (SSSR count). The van der Waals surface area contributed by atoms with Crippen LogP contribution in [0.5, 0.6) is 0 Å². The molecule has 4 nitrogen and oxygen atoms in total. The minimum Gasteiger partial charge on any atom is -0.550 e. The Labute approximate surface area is 128 Å². The van der Waals surface area contributed by atoms with Crippen molar-refractivity contribution in [1.82, 2.24) is 0 Å². The van der Waals surface area contributed by atoms with E-state index in [9.17, 15) is 14.7 Å². The van der Waals surface area contributed by atoms with Gasteiger partial charge in [0, 0.05) is 22.6 Å². The second kappa shape index (κ2) is 6.31. The molecule has 0 saturated carbocycles. The van der Waals surface area contributed by atoms with Crippen molar-refractivity contribution in [3.63, 3.8) is 0 Å². The van der Waals surface area contributed by atoms with Crippen molar-refractivity contribution in [2.75, 3.05) is 5.32 Å². The highest BCUT2D eigenvalue weighted by atomic mass is 35.5. The number of halogens is 1. The fraction of sp³-hybridized carbons (Fsp3) is 0.375. The van der Waals surface area contributed by atoms with Gasteiger partial charge in [-0.05, 0) is 44.9 Å². The van der Waals surface area contributed by atoms with Gasteiger partial charge in [0.2, 0.25) is 5.91 Å². The number of anilines is 1. The van der Waals surface area contributed by atoms with Crippen LogP contribution < -0.4 is 10.4 Å². The summed E-state index contributed by atoms with van der Waals surface area (Å²) in [6.07, 6.45) is 0.804. The number of amides is 1. The molecule has 1 amide bonds. The van der Waals surface area contributed by atoms with Crippen molar-refractivity contribution in [1.29, 1.82) is 0 Å². The fourth-order valence-electron chi connectivity index (χ4n) is 2.62. The smallest absolute Gasteiger partial charge is 0.228 e. The highest BCUT2D eigenvalue weighted by Crippen LogP contribution is 2.34. The molecular weight excluding hydrogens is 290 g/mol. The highest BCUT2D eigenvalue weighted by Gasteiger charge is 2.33. The van der Waals surface area contributed by atoms with Gasteiger partial charge in [0.25, 0.3) is 0 Å². The zero-order chi connectivity index (χ0) is 15.6. The van der Waals surface area contributed by atoms with E-state index in [0.717, 1.165) is 11.1 Å².